The molecule has 0 aliphatic carbocycles. The Morgan fingerprint density at radius 1 is 0.964 bits per heavy atom. The lowest BCUT2D eigenvalue weighted by Gasteiger charge is -2.00. The van der Waals surface area contributed by atoms with Gasteiger partial charge in [0.05, 0.1) is 0 Å². The number of ketones is 1. The van der Waals surface area contributed by atoms with Gasteiger partial charge in [0.2, 0.25) is 5.89 Å². The van der Waals surface area contributed by atoms with Crippen LogP contribution in [0, 0.1) is 6.92 Å². The molecule has 0 aliphatic rings. The number of hydrogen-bond donors (Lipinski definition) is 0. The number of rotatable bonds is 3. The first-order chi connectivity index (χ1) is 13.4. The zero-order valence-electron chi connectivity index (χ0n) is 16.5. The highest BCUT2D eigenvalue weighted by Crippen LogP contribution is 2.25. The minimum Gasteiger partial charge on any atom is -0.436 e. The monoisotopic (exact) mass is 377 g/mol. The van der Waals surface area contributed by atoms with E-state index in [2.05, 4.69) is 18.8 Å². The lowest BCUT2D eigenvalue weighted by Crippen LogP contribution is -2.02. The van der Waals surface area contributed by atoms with Crippen LogP contribution in [0.1, 0.15) is 49.5 Å². The Labute approximate surface area is 163 Å². The number of unbranched alkanes of at least 4 members (excludes halogenated alkanes) is 1. The predicted molar refractivity (Wildman–Crippen MR) is 111 cm³/mol. The van der Waals surface area contributed by atoms with Gasteiger partial charge in [0.1, 0.15) is 16.7 Å². The summed E-state index contributed by atoms with van der Waals surface area (Å²) < 4.78 is 11.0. The van der Waals surface area contributed by atoms with Crippen LogP contribution in [0.25, 0.3) is 33.5 Å². The van der Waals surface area contributed by atoms with Gasteiger partial charge in [-0.15, -0.1) is 0 Å². The SMILES string of the molecule is CC(=O)c1ccc2oc(-c3cc4ccc(C)cc4oc3=O)nc2c1.CCCC. The van der Waals surface area contributed by atoms with E-state index in [9.17, 15) is 9.59 Å². The lowest BCUT2D eigenvalue weighted by molar-refractivity contribution is 0.101. The number of aromatic nitrogens is 1. The molecular weight excluding hydrogens is 354 g/mol. The van der Waals surface area contributed by atoms with Crippen LogP contribution in [-0.4, -0.2) is 10.8 Å². The maximum absolute atomic E-state index is 12.3. The molecule has 5 heteroatoms. The molecule has 2 aromatic carbocycles. The van der Waals surface area contributed by atoms with E-state index in [1.165, 1.54) is 19.8 Å². The van der Waals surface area contributed by atoms with Gasteiger partial charge in [0.25, 0.3) is 0 Å². The summed E-state index contributed by atoms with van der Waals surface area (Å²) in [5, 5.41) is 0.793. The summed E-state index contributed by atoms with van der Waals surface area (Å²) in [4.78, 5) is 28.1. The van der Waals surface area contributed by atoms with Crippen LogP contribution in [0.2, 0.25) is 0 Å². The Bertz CT molecular complexity index is 1200. The largest absolute Gasteiger partial charge is 0.436 e. The van der Waals surface area contributed by atoms with Crippen LogP contribution in [-0.2, 0) is 0 Å². The highest BCUT2D eigenvalue weighted by Gasteiger charge is 2.15. The maximum atomic E-state index is 12.3. The Morgan fingerprint density at radius 2 is 1.71 bits per heavy atom. The third kappa shape index (κ3) is 4.03. The first kappa shape index (κ1) is 19.5. The molecule has 0 fully saturated rings. The van der Waals surface area contributed by atoms with Gasteiger partial charge in [-0.25, -0.2) is 9.78 Å². The van der Waals surface area contributed by atoms with Crippen LogP contribution < -0.4 is 5.63 Å². The second-order valence-corrected chi connectivity index (χ2v) is 6.75. The fraction of sp³-hybridized carbons (Fsp3) is 0.261. The van der Waals surface area contributed by atoms with E-state index in [-0.39, 0.29) is 17.2 Å². The number of nitrogens with zero attached hydrogens (tertiary/aromatic N) is 1. The minimum atomic E-state index is -0.508. The maximum Gasteiger partial charge on any atom is 0.349 e. The van der Waals surface area contributed by atoms with Crippen molar-refractivity contribution in [2.24, 2.45) is 0 Å². The molecule has 0 atom stereocenters. The van der Waals surface area contributed by atoms with E-state index in [1.54, 1.807) is 24.3 Å². The first-order valence-corrected chi connectivity index (χ1v) is 9.39. The van der Waals surface area contributed by atoms with Crippen molar-refractivity contribution in [3.8, 4) is 11.5 Å². The molecule has 4 aromatic rings. The van der Waals surface area contributed by atoms with Crippen molar-refractivity contribution in [2.45, 2.75) is 40.5 Å². The first-order valence-electron chi connectivity index (χ1n) is 9.39. The second-order valence-electron chi connectivity index (χ2n) is 6.75. The molecule has 2 heterocycles. The predicted octanol–water partition coefficient (Wildman–Crippen LogP) is 5.92. The van der Waals surface area contributed by atoms with E-state index in [1.807, 2.05) is 25.1 Å². The molecule has 0 saturated carbocycles. The van der Waals surface area contributed by atoms with Crippen LogP contribution in [0.15, 0.2) is 56.1 Å². The van der Waals surface area contributed by atoms with Crippen LogP contribution in [0.3, 0.4) is 0 Å². The number of carbonyl (C=O) groups is 1. The fourth-order valence-corrected chi connectivity index (χ4v) is 2.63. The molecule has 0 aliphatic heterocycles. The van der Waals surface area contributed by atoms with Crippen molar-refractivity contribution >= 4 is 27.9 Å². The molecule has 144 valence electrons. The van der Waals surface area contributed by atoms with Gasteiger partial charge in [-0.2, -0.15) is 0 Å². The van der Waals surface area contributed by atoms with Crippen molar-refractivity contribution in [2.75, 3.05) is 0 Å². The molecule has 4 rings (SSSR count). The summed E-state index contributed by atoms with van der Waals surface area (Å²) in [5.74, 6) is 0.129. The summed E-state index contributed by atoms with van der Waals surface area (Å²) in [6.07, 6.45) is 2.64. The normalized spacial score (nSPS) is 10.7. The third-order valence-electron chi connectivity index (χ3n) is 4.42. The van der Waals surface area contributed by atoms with Gasteiger partial charge in [-0.3, -0.25) is 4.79 Å². The van der Waals surface area contributed by atoms with Crippen molar-refractivity contribution in [3.05, 3.63) is 64.0 Å². The van der Waals surface area contributed by atoms with Gasteiger partial charge < -0.3 is 8.83 Å². The summed E-state index contributed by atoms with van der Waals surface area (Å²) in [6, 6.07) is 12.3. The number of Topliss-reactive ketones (excluding diaryl/α,β-unsaturated/α-hetero) is 1. The zero-order chi connectivity index (χ0) is 20.3. The highest BCUT2D eigenvalue weighted by atomic mass is 16.4. The van der Waals surface area contributed by atoms with E-state index < -0.39 is 5.63 Å². The van der Waals surface area contributed by atoms with Crippen LogP contribution >= 0.6 is 0 Å². The molecule has 0 radical (unpaired) electrons. The number of aryl methyl sites for hydroxylation is 1. The lowest BCUT2D eigenvalue weighted by atomic mass is 10.1. The van der Waals surface area contributed by atoms with Gasteiger partial charge >= 0.3 is 5.63 Å². The molecule has 2 aromatic heterocycles. The fourth-order valence-electron chi connectivity index (χ4n) is 2.63. The highest BCUT2D eigenvalue weighted by molar-refractivity contribution is 5.97. The molecule has 0 spiro atoms. The van der Waals surface area contributed by atoms with Gasteiger partial charge in [-0.1, -0.05) is 38.8 Å². The van der Waals surface area contributed by atoms with Crippen LogP contribution in [0.4, 0.5) is 0 Å². The van der Waals surface area contributed by atoms with Gasteiger partial charge in [0.15, 0.2) is 11.4 Å². The van der Waals surface area contributed by atoms with E-state index in [0.29, 0.717) is 22.2 Å². The molecule has 28 heavy (non-hydrogen) atoms. The third-order valence-corrected chi connectivity index (χ3v) is 4.42. The standard InChI is InChI=1S/C19H13NO4.C4H10/c1-10-3-4-13-8-14(19(22)24-17(13)7-10)18-20-15-9-12(11(2)21)5-6-16(15)23-18;1-3-4-2/h3-9H,1-2H3;3-4H2,1-2H3. The Kier molecular flexibility index (Phi) is 5.73. The van der Waals surface area contributed by atoms with Gasteiger partial charge in [-0.05, 0) is 49.7 Å². The molecule has 0 amide bonds. The molecule has 0 N–H and O–H groups in total. The Morgan fingerprint density at radius 3 is 2.39 bits per heavy atom. The van der Waals surface area contributed by atoms with Crippen molar-refractivity contribution in [3.63, 3.8) is 0 Å². The quantitative estimate of drug-likeness (QED) is 0.327. The molecule has 5 nitrogen and oxygen atoms in total. The average Bonchev–Trinajstić information content (AvgIpc) is 3.10. The van der Waals surface area contributed by atoms with Crippen molar-refractivity contribution in [1.82, 2.24) is 4.98 Å². The molecule has 0 saturated heterocycles. The number of oxazole rings is 1. The number of fused-ring (bicyclic) bond motifs is 2. The van der Waals surface area contributed by atoms with Crippen LogP contribution in [0.5, 0.6) is 0 Å². The smallest absolute Gasteiger partial charge is 0.349 e. The van der Waals surface area contributed by atoms with Gasteiger partial charge in [0, 0.05) is 10.9 Å². The van der Waals surface area contributed by atoms with Crippen molar-refractivity contribution < 1.29 is 13.6 Å². The minimum absolute atomic E-state index is 0.0537. The van der Waals surface area contributed by atoms with E-state index in [0.717, 1.165) is 10.9 Å². The average molecular weight is 377 g/mol. The summed E-state index contributed by atoms with van der Waals surface area (Å²) >= 11 is 0. The summed E-state index contributed by atoms with van der Waals surface area (Å²) in [7, 11) is 0. The molecule has 0 unspecified atom stereocenters. The Hall–Kier alpha value is -3.21. The molecular formula is C23H23NO4. The number of carbonyl (C=O) groups excluding carboxylic acids is 1. The number of benzene rings is 2. The molecule has 0 bridgehead atoms. The van der Waals surface area contributed by atoms with Crippen molar-refractivity contribution in [1.29, 1.82) is 0 Å². The number of hydrogen-bond acceptors (Lipinski definition) is 5. The summed E-state index contributed by atoms with van der Waals surface area (Å²) in [6.45, 7) is 7.78. The topological polar surface area (TPSA) is 73.3 Å². The summed E-state index contributed by atoms with van der Waals surface area (Å²) in [5.41, 5.74) is 2.87. The van der Waals surface area contributed by atoms with E-state index >= 15 is 0 Å². The second kappa shape index (κ2) is 8.21. The Balaban J connectivity index is 0.000000516. The van der Waals surface area contributed by atoms with E-state index in [4.69, 9.17) is 8.83 Å². The zero-order valence-corrected chi connectivity index (χ0v) is 16.5.